The normalized spacial score (nSPS) is 40.7. The summed E-state index contributed by atoms with van der Waals surface area (Å²) in [6.07, 6.45) is -3.23. The molecule has 0 radical (unpaired) electrons. The van der Waals surface area contributed by atoms with Crippen LogP contribution in [0.4, 0.5) is 0 Å². The number of aliphatic hydroxyl groups excluding tert-OH is 3. The third-order valence-corrected chi connectivity index (χ3v) is 11.0. The smallest absolute Gasteiger partial charge is 0.308 e. The van der Waals surface area contributed by atoms with Crippen molar-refractivity contribution in [3.8, 4) is 0 Å². The molecule has 56 heavy (non-hydrogen) atoms. The zero-order chi connectivity index (χ0) is 41.9. The number of likely N-dealkylation sites (N-methyl/N-ethyl adjacent to an activating group) is 1. The fraction of sp³-hybridized carbons (Fsp3) is 0.829. The number of nitrogens with zero attached hydrogens (tertiary/aromatic N) is 1. The van der Waals surface area contributed by atoms with E-state index in [1.165, 1.54) is 7.11 Å². The lowest BCUT2D eigenvalue weighted by Crippen LogP contribution is -2.66. The number of methoxy groups -OCH3 is 1. The quantitative estimate of drug-likeness (QED) is 0.166. The predicted molar refractivity (Wildman–Crippen MR) is 205 cm³/mol. The topological polar surface area (TPSA) is 200 Å². The number of esters is 2. The summed E-state index contributed by atoms with van der Waals surface area (Å²) in [6.45, 7) is 12.6. The lowest BCUT2D eigenvalue weighted by Gasteiger charge is -2.50. The van der Waals surface area contributed by atoms with Gasteiger partial charge in [-0.2, -0.15) is 0 Å². The zero-order valence-corrected chi connectivity index (χ0v) is 34.9. The summed E-state index contributed by atoms with van der Waals surface area (Å²) in [5.41, 5.74) is -1.48. The van der Waals surface area contributed by atoms with Crippen molar-refractivity contribution < 1.29 is 68.0 Å². The molecule has 0 saturated carbocycles. The van der Waals surface area contributed by atoms with Crippen molar-refractivity contribution >= 4 is 18.2 Å². The summed E-state index contributed by atoms with van der Waals surface area (Å²) in [5.74, 6) is -1.78. The Balaban J connectivity index is 1.88. The van der Waals surface area contributed by atoms with E-state index in [1.54, 1.807) is 64.9 Å². The highest BCUT2D eigenvalue weighted by Crippen LogP contribution is 2.37. The standard InChI is InChI=1S/C41H69NO14/c1-23(2)16-17-31(46)54-39-27(6)52-33(22-41(39,7)49)55-36-26(5)53-40(35(48)34(36)42(8)9)56-37-28(18-19-43)20-24(3)29(44)15-13-11-12-14-25(4)51-32(47)21-30(45)38(37)50-10/h11-13,15,19,23-30,33-40,44-45,48-49H,14,16-18,20-22H2,1-10H3. The van der Waals surface area contributed by atoms with Crippen LogP contribution in [0.15, 0.2) is 24.3 Å². The monoisotopic (exact) mass is 799 g/mol. The molecule has 15 nitrogen and oxygen atoms in total. The van der Waals surface area contributed by atoms with E-state index in [1.807, 2.05) is 26.8 Å². The van der Waals surface area contributed by atoms with Gasteiger partial charge in [-0.05, 0) is 72.4 Å². The lowest BCUT2D eigenvalue weighted by molar-refractivity contribution is -0.344. The molecule has 3 aliphatic rings. The molecule has 4 N–H and O–H groups in total. The Morgan fingerprint density at radius 3 is 2.34 bits per heavy atom. The van der Waals surface area contributed by atoms with Crippen molar-refractivity contribution in [1.82, 2.24) is 4.90 Å². The number of aliphatic hydroxyl groups is 4. The van der Waals surface area contributed by atoms with E-state index >= 15 is 0 Å². The van der Waals surface area contributed by atoms with E-state index in [0.29, 0.717) is 18.8 Å². The van der Waals surface area contributed by atoms with E-state index in [0.717, 1.165) is 6.29 Å². The molecule has 15 heteroatoms. The van der Waals surface area contributed by atoms with Gasteiger partial charge in [0.2, 0.25) is 0 Å². The van der Waals surface area contributed by atoms with Crippen molar-refractivity contribution in [2.24, 2.45) is 17.8 Å². The summed E-state index contributed by atoms with van der Waals surface area (Å²) in [4.78, 5) is 39.4. The van der Waals surface area contributed by atoms with Crippen LogP contribution in [-0.4, -0.2) is 150 Å². The van der Waals surface area contributed by atoms with E-state index < -0.39 is 110 Å². The van der Waals surface area contributed by atoms with Crippen molar-refractivity contribution in [2.75, 3.05) is 21.2 Å². The number of rotatable bonds is 12. The molecule has 0 aromatic carbocycles. The molecule has 322 valence electrons. The maximum Gasteiger partial charge on any atom is 0.308 e. The molecular formula is C41H69NO14. The van der Waals surface area contributed by atoms with E-state index in [-0.39, 0.29) is 31.6 Å². The number of carbonyl (C=O) groups excluding carboxylic acids is 3. The van der Waals surface area contributed by atoms with Crippen LogP contribution in [-0.2, 0) is 47.5 Å². The van der Waals surface area contributed by atoms with Gasteiger partial charge >= 0.3 is 11.9 Å². The zero-order valence-electron chi connectivity index (χ0n) is 34.9. The average Bonchev–Trinajstić information content (AvgIpc) is 3.09. The SMILES string of the molecule is COC1C(O)CC(=O)OC(C)CC=CC=CC(O)C(C)CC(CC=O)C1OC1OC(C)C(OC2CC(C)(O)C(OC(=O)CCC(C)C)C(C)O2)C(N(C)C)C1O. The van der Waals surface area contributed by atoms with Gasteiger partial charge in [-0.15, -0.1) is 0 Å². The third-order valence-electron chi connectivity index (χ3n) is 11.0. The van der Waals surface area contributed by atoms with Gasteiger partial charge in [-0.3, -0.25) is 9.59 Å². The van der Waals surface area contributed by atoms with Crippen molar-refractivity contribution in [3.05, 3.63) is 24.3 Å². The molecule has 0 aromatic rings. The largest absolute Gasteiger partial charge is 0.462 e. The first-order valence-corrected chi connectivity index (χ1v) is 20.0. The van der Waals surface area contributed by atoms with Crippen LogP contribution >= 0.6 is 0 Å². The highest BCUT2D eigenvalue weighted by molar-refractivity contribution is 5.70. The fourth-order valence-electron chi connectivity index (χ4n) is 7.86. The number of ether oxygens (including phenoxy) is 7. The van der Waals surface area contributed by atoms with Gasteiger partial charge in [0.15, 0.2) is 18.7 Å². The minimum atomic E-state index is -1.48. The number of hydrogen-bond acceptors (Lipinski definition) is 15. The highest BCUT2D eigenvalue weighted by Gasteiger charge is 2.52. The fourth-order valence-corrected chi connectivity index (χ4v) is 7.86. The van der Waals surface area contributed by atoms with Gasteiger partial charge in [-0.1, -0.05) is 45.1 Å². The second-order valence-electron chi connectivity index (χ2n) is 16.7. The summed E-state index contributed by atoms with van der Waals surface area (Å²) in [5, 5.41) is 45.8. The predicted octanol–water partition coefficient (Wildman–Crippen LogP) is 2.83. The molecule has 3 rings (SSSR count). The first-order valence-electron chi connectivity index (χ1n) is 20.0. The maximum absolute atomic E-state index is 12.9. The molecule has 2 saturated heterocycles. The average molecular weight is 800 g/mol. The molecule has 3 aliphatic heterocycles. The molecule has 0 spiro atoms. The minimum absolute atomic E-state index is 0.0293. The van der Waals surface area contributed by atoms with Gasteiger partial charge < -0.3 is 63.3 Å². The van der Waals surface area contributed by atoms with Crippen LogP contribution < -0.4 is 0 Å². The number of aldehydes is 1. The Bertz CT molecular complexity index is 1290. The first-order chi connectivity index (χ1) is 26.3. The molecule has 0 bridgehead atoms. The number of hydrogen-bond donors (Lipinski definition) is 4. The van der Waals surface area contributed by atoms with E-state index in [4.69, 9.17) is 33.2 Å². The van der Waals surface area contributed by atoms with Crippen molar-refractivity contribution in [2.45, 2.75) is 179 Å². The Morgan fingerprint density at radius 1 is 1.04 bits per heavy atom. The maximum atomic E-state index is 12.9. The Morgan fingerprint density at radius 2 is 1.73 bits per heavy atom. The molecule has 0 aromatic heterocycles. The van der Waals surface area contributed by atoms with Crippen LogP contribution in [0, 0.1) is 17.8 Å². The number of carbonyl (C=O) groups is 3. The van der Waals surface area contributed by atoms with Crippen LogP contribution in [0.25, 0.3) is 0 Å². The van der Waals surface area contributed by atoms with E-state index in [9.17, 15) is 34.8 Å². The molecule has 0 amide bonds. The second kappa shape index (κ2) is 22.2. The molecule has 2 fully saturated rings. The molecular weight excluding hydrogens is 730 g/mol. The molecule has 0 aliphatic carbocycles. The summed E-state index contributed by atoms with van der Waals surface area (Å²) in [7, 11) is 4.87. The first kappa shape index (κ1) is 48.1. The van der Waals surface area contributed by atoms with Crippen LogP contribution in [0.2, 0.25) is 0 Å². The van der Waals surface area contributed by atoms with Crippen molar-refractivity contribution in [3.63, 3.8) is 0 Å². The lowest BCUT2D eigenvalue weighted by atomic mass is 9.82. The molecule has 16 unspecified atom stereocenters. The minimum Gasteiger partial charge on any atom is -0.462 e. The highest BCUT2D eigenvalue weighted by atomic mass is 16.7. The second-order valence-corrected chi connectivity index (χ2v) is 16.7. The number of allylic oxidation sites excluding steroid dienone is 2. The van der Waals surface area contributed by atoms with Gasteiger partial charge in [0.25, 0.3) is 0 Å². The van der Waals surface area contributed by atoms with Gasteiger partial charge in [0.05, 0.1) is 43.0 Å². The Hall–Kier alpha value is -2.31. The van der Waals surface area contributed by atoms with Gasteiger partial charge in [-0.25, -0.2) is 0 Å². The Labute approximate surface area is 332 Å². The summed E-state index contributed by atoms with van der Waals surface area (Å²) < 4.78 is 42.5. The van der Waals surface area contributed by atoms with Crippen LogP contribution in [0.3, 0.4) is 0 Å². The number of cyclic esters (lactones) is 1. The van der Waals surface area contributed by atoms with Gasteiger partial charge in [0.1, 0.15) is 36.3 Å². The van der Waals surface area contributed by atoms with Crippen molar-refractivity contribution in [1.29, 1.82) is 0 Å². The Kier molecular flexibility index (Phi) is 19.0. The van der Waals surface area contributed by atoms with Gasteiger partial charge in [0, 0.05) is 32.8 Å². The van der Waals surface area contributed by atoms with E-state index in [2.05, 4.69) is 0 Å². The molecule has 16 atom stereocenters. The van der Waals surface area contributed by atoms with Crippen LogP contribution in [0.1, 0.15) is 93.4 Å². The summed E-state index contributed by atoms with van der Waals surface area (Å²) in [6, 6.07) is -0.753. The third kappa shape index (κ3) is 13.6. The summed E-state index contributed by atoms with van der Waals surface area (Å²) >= 11 is 0. The van der Waals surface area contributed by atoms with Crippen LogP contribution in [0.5, 0.6) is 0 Å². The molecule has 3 heterocycles.